The molecule has 0 saturated heterocycles. The highest BCUT2D eigenvalue weighted by molar-refractivity contribution is 7.92. The number of aryl methyl sites for hydroxylation is 1. The monoisotopic (exact) mass is 505 g/mol. The van der Waals surface area contributed by atoms with Gasteiger partial charge >= 0.3 is 0 Å². The fourth-order valence-electron chi connectivity index (χ4n) is 3.16. The van der Waals surface area contributed by atoms with Gasteiger partial charge in [-0.25, -0.2) is 8.42 Å². The van der Waals surface area contributed by atoms with Crippen molar-refractivity contribution >= 4 is 66.4 Å². The van der Waals surface area contributed by atoms with E-state index >= 15 is 0 Å². The molecule has 1 heterocycles. The van der Waals surface area contributed by atoms with E-state index in [4.69, 9.17) is 23.2 Å². The van der Waals surface area contributed by atoms with Crippen molar-refractivity contribution in [3.8, 4) is 0 Å². The number of hydrogen-bond acceptors (Lipinski definition) is 4. The summed E-state index contributed by atoms with van der Waals surface area (Å²) in [5.41, 5.74) is 1.55. The number of carbonyl (C=O) groups excluding carboxylic acids is 1. The van der Waals surface area contributed by atoms with Gasteiger partial charge in [-0.15, -0.1) is 0 Å². The summed E-state index contributed by atoms with van der Waals surface area (Å²) in [5, 5.41) is 0.969. The number of amides is 1. The molecule has 0 fully saturated rings. The number of sulfonamides is 1. The molecule has 0 aliphatic rings. The molecular formula is C22H17Cl2N3O3S2. The van der Waals surface area contributed by atoms with Crippen LogP contribution in [0.1, 0.15) is 10.4 Å². The van der Waals surface area contributed by atoms with Crippen molar-refractivity contribution < 1.29 is 13.2 Å². The van der Waals surface area contributed by atoms with Crippen molar-refractivity contribution in [3.63, 3.8) is 0 Å². The van der Waals surface area contributed by atoms with E-state index in [1.165, 1.54) is 47.0 Å². The zero-order valence-electron chi connectivity index (χ0n) is 17.0. The van der Waals surface area contributed by atoms with Crippen molar-refractivity contribution in [2.45, 2.75) is 4.90 Å². The molecule has 3 aromatic carbocycles. The number of para-hydroxylation sites is 1. The largest absolute Gasteiger partial charge is 0.318 e. The van der Waals surface area contributed by atoms with Gasteiger partial charge in [0.05, 0.1) is 25.8 Å². The van der Waals surface area contributed by atoms with Gasteiger partial charge in [0, 0.05) is 24.7 Å². The molecule has 0 spiro atoms. The predicted octanol–water partition coefficient (Wildman–Crippen LogP) is 5.11. The van der Waals surface area contributed by atoms with E-state index in [-0.39, 0.29) is 10.5 Å². The van der Waals surface area contributed by atoms with E-state index in [9.17, 15) is 13.2 Å². The summed E-state index contributed by atoms with van der Waals surface area (Å²) in [6.45, 7) is 0. The Morgan fingerprint density at radius 2 is 1.69 bits per heavy atom. The van der Waals surface area contributed by atoms with E-state index < -0.39 is 15.9 Å². The average molecular weight is 506 g/mol. The molecule has 0 atom stereocenters. The molecule has 32 heavy (non-hydrogen) atoms. The molecule has 0 saturated carbocycles. The van der Waals surface area contributed by atoms with Gasteiger partial charge in [0.15, 0.2) is 4.80 Å². The van der Waals surface area contributed by atoms with E-state index in [0.717, 1.165) is 10.2 Å². The van der Waals surface area contributed by atoms with Crippen LogP contribution in [0.4, 0.5) is 5.69 Å². The minimum atomic E-state index is -3.76. The Labute approximate surface area is 199 Å². The Morgan fingerprint density at radius 3 is 2.34 bits per heavy atom. The Hall–Kier alpha value is -2.65. The van der Waals surface area contributed by atoms with Gasteiger partial charge in [0.2, 0.25) is 0 Å². The number of hydrogen-bond donors (Lipinski definition) is 0. The van der Waals surface area contributed by atoms with Gasteiger partial charge in [-0.05, 0) is 48.5 Å². The highest BCUT2D eigenvalue weighted by atomic mass is 35.5. The lowest BCUT2D eigenvalue weighted by atomic mass is 10.2. The van der Waals surface area contributed by atoms with Crippen LogP contribution >= 0.6 is 34.5 Å². The molecule has 1 amide bonds. The normalized spacial score (nSPS) is 12.3. The van der Waals surface area contributed by atoms with Gasteiger partial charge in [0.25, 0.3) is 15.9 Å². The predicted molar refractivity (Wildman–Crippen MR) is 129 cm³/mol. The lowest BCUT2D eigenvalue weighted by molar-refractivity contribution is 0.0998. The maximum Gasteiger partial charge on any atom is 0.279 e. The number of thiazole rings is 1. The second-order valence-corrected chi connectivity index (χ2v) is 10.7. The summed E-state index contributed by atoms with van der Waals surface area (Å²) in [7, 11) is -0.516. The lowest BCUT2D eigenvalue weighted by Gasteiger charge is -2.19. The summed E-state index contributed by atoms with van der Waals surface area (Å²) in [6, 6.07) is 17.9. The van der Waals surface area contributed by atoms with Crippen LogP contribution in [0.2, 0.25) is 10.0 Å². The summed E-state index contributed by atoms with van der Waals surface area (Å²) in [6.07, 6.45) is 0. The van der Waals surface area contributed by atoms with E-state index in [1.54, 1.807) is 48.0 Å². The molecule has 0 aliphatic carbocycles. The molecule has 1 aromatic heterocycles. The quantitative estimate of drug-likeness (QED) is 0.386. The SMILES string of the molecule is CN(c1ccccc1)S(=O)(=O)c1ccc(C(=O)N=c2sc3cc(Cl)cc(Cl)c3n2C)cc1. The van der Waals surface area contributed by atoms with E-state index in [1.807, 2.05) is 6.07 Å². The number of halogens is 2. The molecule has 6 nitrogen and oxygen atoms in total. The standard InChI is InChI=1S/C22H17Cl2N3O3S2/c1-26-20-18(24)12-15(23)13-19(20)31-22(26)25-21(28)14-8-10-17(11-9-14)32(29,30)27(2)16-6-4-3-5-7-16/h3-13H,1-2H3. The Kier molecular flexibility index (Phi) is 6.13. The van der Waals surface area contributed by atoms with E-state index in [0.29, 0.717) is 20.5 Å². The number of rotatable bonds is 4. The van der Waals surface area contributed by atoms with Gasteiger partial charge in [0.1, 0.15) is 0 Å². The first-order valence-corrected chi connectivity index (χ1v) is 12.4. The van der Waals surface area contributed by atoms with Gasteiger partial charge in [-0.2, -0.15) is 4.99 Å². The third-order valence-electron chi connectivity index (χ3n) is 4.89. The minimum absolute atomic E-state index is 0.0780. The van der Waals surface area contributed by atoms with Crippen LogP contribution in [0.5, 0.6) is 0 Å². The summed E-state index contributed by atoms with van der Waals surface area (Å²) in [5.74, 6) is -0.491. The van der Waals surface area contributed by atoms with Crippen molar-refractivity contribution in [2.24, 2.45) is 12.0 Å². The molecule has 0 unspecified atom stereocenters. The Balaban J connectivity index is 1.65. The fraction of sp³-hybridized carbons (Fsp3) is 0.0909. The first-order chi connectivity index (χ1) is 15.2. The zero-order valence-corrected chi connectivity index (χ0v) is 20.1. The number of aromatic nitrogens is 1. The minimum Gasteiger partial charge on any atom is -0.318 e. The Bertz CT molecular complexity index is 1490. The molecule has 4 aromatic rings. The van der Waals surface area contributed by atoms with Crippen LogP contribution in [0.25, 0.3) is 10.2 Å². The number of fused-ring (bicyclic) bond motifs is 1. The van der Waals surface area contributed by atoms with Crippen molar-refractivity contribution in [3.05, 3.63) is 87.1 Å². The smallest absolute Gasteiger partial charge is 0.279 e. The molecule has 0 radical (unpaired) electrons. The van der Waals surface area contributed by atoms with Crippen LogP contribution in [0, 0.1) is 0 Å². The number of carbonyl (C=O) groups is 1. The van der Waals surface area contributed by atoms with Crippen LogP contribution in [0.3, 0.4) is 0 Å². The van der Waals surface area contributed by atoms with Crippen molar-refractivity contribution in [1.82, 2.24) is 4.57 Å². The molecule has 0 bridgehead atoms. The summed E-state index contributed by atoms with van der Waals surface area (Å²) in [4.78, 5) is 17.4. The second-order valence-electron chi connectivity index (χ2n) is 6.93. The molecule has 0 aliphatic heterocycles. The van der Waals surface area contributed by atoms with Crippen LogP contribution in [-0.4, -0.2) is 25.9 Å². The summed E-state index contributed by atoms with van der Waals surface area (Å²) >= 11 is 13.6. The molecule has 0 N–H and O–H groups in total. The topological polar surface area (TPSA) is 71.7 Å². The molecular weight excluding hydrogens is 489 g/mol. The van der Waals surface area contributed by atoms with E-state index in [2.05, 4.69) is 4.99 Å². The number of anilines is 1. The Morgan fingerprint density at radius 1 is 1.03 bits per heavy atom. The molecule has 10 heteroatoms. The van der Waals surface area contributed by atoms with Gasteiger partial charge in [-0.1, -0.05) is 52.7 Å². The van der Waals surface area contributed by atoms with Crippen LogP contribution < -0.4 is 9.11 Å². The third-order valence-corrected chi connectivity index (χ3v) is 8.28. The highest BCUT2D eigenvalue weighted by Gasteiger charge is 2.21. The lowest BCUT2D eigenvalue weighted by Crippen LogP contribution is -2.26. The second kappa shape index (κ2) is 8.71. The molecule has 4 rings (SSSR count). The van der Waals surface area contributed by atoms with Crippen LogP contribution in [-0.2, 0) is 17.1 Å². The van der Waals surface area contributed by atoms with Crippen molar-refractivity contribution in [1.29, 1.82) is 0 Å². The number of nitrogens with zero attached hydrogens (tertiary/aromatic N) is 3. The first-order valence-electron chi connectivity index (χ1n) is 9.36. The number of benzene rings is 3. The fourth-order valence-corrected chi connectivity index (χ4v) is 6.18. The van der Waals surface area contributed by atoms with Gasteiger partial charge in [-0.3, -0.25) is 9.10 Å². The maximum atomic E-state index is 12.9. The van der Waals surface area contributed by atoms with Gasteiger partial charge < -0.3 is 4.57 Å². The first kappa shape index (κ1) is 22.5. The third kappa shape index (κ3) is 4.19. The van der Waals surface area contributed by atoms with Crippen molar-refractivity contribution in [2.75, 3.05) is 11.4 Å². The average Bonchev–Trinajstić information content (AvgIpc) is 3.08. The highest BCUT2D eigenvalue weighted by Crippen LogP contribution is 2.29. The maximum absolute atomic E-state index is 12.9. The molecule has 164 valence electrons. The van der Waals surface area contributed by atoms with Crippen LogP contribution in [0.15, 0.2) is 76.6 Å². The summed E-state index contributed by atoms with van der Waals surface area (Å²) < 4.78 is 29.5. The zero-order chi connectivity index (χ0) is 23.0.